The van der Waals surface area contributed by atoms with Crippen LogP contribution in [0.1, 0.15) is 29.6 Å². The van der Waals surface area contributed by atoms with Crippen molar-refractivity contribution >= 4 is 22.8 Å². The molecule has 0 radical (unpaired) electrons. The van der Waals surface area contributed by atoms with E-state index in [9.17, 15) is 9.59 Å². The molecule has 7 heteroatoms. The lowest BCUT2D eigenvalue weighted by Gasteiger charge is -2.33. The second kappa shape index (κ2) is 7.07. The van der Waals surface area contributed by atoms with Gasteiger partial charge in [-0.15, -0.1) is 0 Å². The molecule has 0 saturated carbocycles. The summed E-state index contributed by atoms with van der Waals surface area (Å²) in [7, 11) is 2.05. The van der Waals surface area contributed by atoms with E-state index >= 15 is 0 Å². The molecule has 2 aliphatic rings. The van der Waals surface area contributed by atoms with E-state index < -0.39 is 0 Å². The maximum Gasteiger partial charge on any atom is 0.256 e. The molecule has 2 aliphatic heterocycles. The summed E-state index contributed by atoms with van der Waals surface area (Å²) in [6.45, 7) is 3.08. The van der Waals surface area contributed by atoms with Gasteiger partial charge in [0.25, 0.3) is 5.91 Å². The molecule has 0 spiro atoms. The Bertz CT molecular complexity index is 817. The molecule has 4 rings (SSSR count). The first-order valence-electron chi connectivity index (χ1n) is 9.32. The van der Waals surface area contributed by atoms with Gasteiger partial charge in [0.05, 0.1) is 23.3 Å². The van der Waals surface area contributed by atoms with Crippen LogP contribution in [0.5, 0.6) is 0 Å². The molecular weight excluding hydrogens is 330 g/mol. The summed E-state index contributed by atoms with van der Waals surface area (Å²) >= 11 is 0. The van der Waals surface area contributed by atoms with Crippen LogP contribution in [0.15, 0.2) is 24.5 Å². The number of para-hydroxylation sites is 1. The minimum atomic E-state index is -0.0118. The number of hydrogen-bond acceptors (Lipinski definition) is 4. The van der Waals surface area contributed by atoms with Crippen LogP contribution in [-0.2, 0) is 4.79 Å². The number of likely N-dealkylation sites (tertiary alicyclic amines) is 2. The van der Waals surface area contributed by atoms with Crippen molar-refractivity contribution in [3.8, 4) is 0 Å². The first kappa shape index (κ1) is 17.0. The number of rotatable bonds is 3. The first-order valence-corrected chi connectivity index (χ1v) is 9.32. The average Bonchev–Trinajstić information content (AvgIpc) is 3.30. The predicted molar refractivity (Wildman–Crippen MR) is 98.8 cm³/mol. The highest BCUT2D eigenvalue weighted by molar-refractivity contribution is 6.04. The van der Waals surface area contributed by atoms with E-state index in [-0.39, 0.29) is 23.8 Å². The van der Waals surface area contributed by atoms with Gasteiger partial charge in [-0.25, -0.2) is 4.98 Å². The molecule has 2 atom stereocenters. The Kier molecular flexibility index (Phi) is 4.63. The quantitative estimate of drug-likeness (QED) is 0.868. The van der Waals surface area contributed by atoms with E-state index in [0.29, 0.717) is 17.6 Å². The Morgan fingerprint density at radius 1 is 1.23 bits per heavy atom. The van der Waals surface area contributed by atoms with Gasteiger partial charge in [-0.1, -0.05) is 6.07 Å². The summed E-state index contributed by atoms with van der Waals surface area (Å²) in [6, 6.07) is 5.64. The van der Waals surface area contributed by atoms with E-state index in [4.69, 9.17) is 0 Å². The van der Waals surface area contributed by atoms with Gasteiger partial charge in [0.2, 0.25) is 5.91 Å². The van der Waals surface area contributed by atoms with Gasteiger partial charge in [0.15, 0.2) is 0 Å². The standard InChI is InChI=1S/C19H25N5O2/c1-23-9-7-13(10-23)18(25)22-14-4-3-8-24(11-14)19(26)15-5-2-6-16-17(15)21-12-20-16/h2,5-6,12-14H,3-4,7-11H2,1H3,(H,20,21)(H,22,25)/t13?,14-/m0/s1. The Balaban J connectivity index is 1.42. The normalized spacial score (nSPS) is 24.1. The number of nitrogens with zero attached hydrogens (tertiary/aromatic N) is 3. The highest BCUT2D eigenvalue weighted by Crippen LogP contribution is 2.20. The number of H-pyrrole nitrogens is 1. The van der Waals surface area contributed by atoms with Crippen molar-refractivity contribution in [2.45, 2.75) is 25.3 Å². The zero-order valence-corrected chi connectivity index (χ0v) is 15.1. The molecule has 7 nitrogen and oxygen atoms in total. The zero-order chi connectivity index (χ0) is 18.1. The van der Waals surface area contributed by atoms with Crippen LogP contribution in [0.25, 0.3) is 11.0 Å². The van der Waals surface area contributed by atoms with Crippen LogP contribution < -0.4 is 5.32 Å². The minimum Gasteiger partial charge on any atom is -0.351 e. The van der Waals surface area contributed by atoms with Crippen LogP contribution in [-0.4, -0.2) is 70.9 Å². The van der Waals surface area contributed by atoms with Crippen LogP contribution in [0, 0.1) is 5.92 Å². The van der Waals surface area contributed by atoms with Crippen molar-refractivity contribution in [3.63, 3.8) is 0 Å². The van der Waals surface area contributed by atoms with E-state index in [0.717, 1.165) is 44.4 Å². The maximum atomic E-state index is 13.0. The number of amides is 2. The molecule has 2 saturated heterocycles. The third-order valence-electron chi connectivity index (χ3n) is 5.50. The number of piperidine rings is 1. The van der Waals surface area contributed by atoms with Gasteiger partial charge in [0.1, 0.15) is 5.52 Å². The van der Waals surface area contributed by atoms with Gasteiger partial charge in [-0.3, -0.25) is 9.59 Å². The molecule has 2 fully saturated rings. The lowest BCUT2D eigenvalue weighted by molar-refractivity contribution is -0.125. The Morgan fingerprint density at radius 2 is 2.12 bits per heavy atom. The fraction of sp³-hybridized carbons (Fsp3) is 0.526. The van der Waals surface area contributed by atoms with Crippen LogP contribution in [0.4, 0.5) is 0 Å². The fourth-order valence-corrected chi connectivity index (χ4v) is 4.06. The molecule has 0 bridgehead atoms. The largest absolute Gasteiger partial charge is 0.351 e. The highest BCUT2D eigenvalue weighted by atomic mass is 16.2. The molecular formula is C19H25N5O2. The van der Waals surface area contributed by atoms with Crippen LogP contribution >= 0.6 is 0 Å². The number of benzene rings is 1. The molecule has 2 aromatic rings. The predicted octanol–water partition coefficient (Wildman–Crippen LogP) is 1.24. The lowest BCUT2D eigenvalue weighted by atomic mass is 10.0. The first-order chi connectivity index (χ1) is 12.6. The number of nitrogens with one attached hydrogen (secondary N) is 2. The van der Waals surface area contributed by atoms with Gasteiger partial charge in [-0.05, 0) is 45.0 Å². The van der Waals surface area contributed by atoms with Crippen molar-refractivity contribution < 1.29 is 9.59 Å². The third-order valence-corrected chi connectivity index (χ3v) is 5.50. The van der Waals surface area contributed by atoms with Crippen molar-refractivity contribution in [2.75, 3.05) is 33.2 Å². The number of fused-ring (bicyclic) bond motifs is 1. The maximum absolute atomic E-state index is 13.0. The van der Waals surface area contributed by atoms with E-state index in [2.05, 4.69) is 20.2 Å². The number of aromatic nitrogens is 2. The average molecular weight is 355 g/mol. The number of carbonyl (C=O) groups is 2. The van der Waals surface area contributed by atoms with E-state index in [1.54, 1.807) is 6.33 Å². The van der Waals surface area contributed by atoms with Crippen molar-refractivity contribution in [3.05, 3.63) is 30.1 Å². The monoisotopic (exact) mass is 355 g/mol. The smallest absolute Gasteiger partial charge is 0.256 e. The minimum absolute atomic E-state index is 0.0118. The van der Waals surface area contributed by atoms with E-state index in [1.165, 1.54) is 0 Å². The zero-order valence-electron chi connectivity index (χ0n) is 15.1. The summed E-state index contributed by atoms with van der Waals surface area (Å²) in [6.07, 6.45) is 4.35. The molecule has 0 aliphatic carbocycles. The van der Waals surface area contributed by atoms with Crippen molar-refractivity contribution in [1.82, 2.24) is 25.1 Å². The molecule has 26 heavy (non-hydrogen) atoms. The molecule has 138 valence electrons. The Hall–Kier alpha value is -2.41. The number of imidazole rings is 1. The fourth-order valence-electron chi connectivity index (χ4n) is 4.06. The van der Waals surface area contributed by atoms with Crippen LogP contribution in [0.2, 0.25) is 0 Å². The summed E-state index contributed by atoms with van der Waals surface area (Å²) in [5.41, 5.74) is 2.19. The topological polar surface area (TPSA) is 81.3 Å². The van der Waals surface area contributed by atoms with Gasteiger partial charge < -0.3 is 20.1 Å². The van der Waals surface area contributed by atoms with E-state index in [1.807, 2.05) is 30.1 Å². The van der Waals surface area contributed by atoms with Gasteiger partial charge >= 0.3 is 0 Å². The summed E-state index contributed by atoms with van der Waals surface area (Å²) in [4.78, 5) is 36.8. The summed E-state index contributed by atoms with van der Waals surface area (Å²) < 4.78 is 0. The Morgan fingerprint density at radius 3 is 2.92 bits per heavy atom. The number of carbonyl (C=O) groups excluding carboxylic acids is 2. The molecule has 2 amide bonds. The van der Waals surface area contributed by atoms with Crippen molar-refractivity contribution in [1.29, 1.82) is 0 Å². The SMILES string of the molecule is CN1CCC(C(=O)N[C@H]2CCCN(C(=O)c3cccc4[nH]cnc34)C2)C1. The summed E-state index contributed by atoms with van der Waals surface area (Å²) in [5.74, 6) is 0.189. The second-order valence-electron chi connectivity index (χ2n) is 7.45. The number of hydrogen-bond donors (Lipinski definition) is 2. The lowest BCUT2D eigenvalue weighted by Crippen LogP contribution is -2.51. The second-order valence-corrected chi connectivity index (χ2v) is 7.45. The van der Waals surface area contributed by atoms with Crippen LogP contribution in [0.3, 0.4) is 0 Å². The Labute approximate surface area is 152 Å². The van der Waals surface area contributed by atoms with Gasteiger partial charge in [0, 0.05) is 25.7 Å². The van der Waals surface area contributed by atoms with Gasteiger partial charge in [-0.2, -0.15) is 0 Å². The molecule has 2 N–H and O–H groups in total. The molecule has 1 aromatic carbocycles. The molecule has 3 heterocycles. The summed E-state index contributed by atoms with van der Waals surface area (Å²) in [5, 5.41) is 3.17. The highest BCUT2D eigenvalue weighted by Gasteiger charge is 2.30. The van der Waals surface area contributed by atoms with Crippen molar-refractivity contribution in [2.24, 2.45) is 5.92 Å². The molecule has 1 unspecified atom stereocenters. The third kappa shape index (κ3) is 3.31. The molecule has 1 aromatic heterocycles. The number of aromatic amines is 1.